The number of hydrogen-bond donors (Lipinski definition) is 1. The van der Waals surface area contributed by atoms with Gasteiger partial charge in [0, 0.05) is 31.1 Å². The first-order valence-electron chi connectivity index (χ1n) is 8.06. The van der Waals surface area contributed by atoms with Crippen molar-refractivity contribution in [3.8, 4) is 0 Å². The number of thiophene rings is 1. The number of piperazine rings is 1. The molecule has 0 unspecified atom stereocenters. The first-order chi connectivity index (χ1) is 12.2. The number of carbonyl (C=O) groups excluding carboxylic acids is 1. The van der Waals surface area contributed by atoms with E-state index in [1.54, 1.807) is 17.4 Å². The Labute approximate surface area is 152 Å². The largest absolute Gasteiger partial charge is 0.345 e. The van der Waals surface area contributed by atoms with E-state index >= 15 is 0 Å². The van der Waals surface area contributed by atoms with E-state index in [4.69, 9.17) is 0 Å². The molecule has 1 aliphatic rings. The second-order valence-corrected chi connectivity index (χ2v) is 7.84. The molecule has 3 aromatic rings. The molecule has 0 saturated carbocycles. The highest BCUT2D eigenvalue weighted by Gasteiger charge is 2.23. The highest BCUT2D eigenvalue weighted by molar-refractivity contribution is 7.22. The summed E-state index contributed by atoms with van der Waals surface area (Å²) in [7, 11) is 0. The van der Waals surface area contributed by atoms with Gasteiger partial charge in [-0.3, -0.25) is 0 Å². The molecule has 0 radical (unpaired) electrons. The van der Waals surface area contributed by atoms with Gasteiger partial charge in [0.15, 0.2) is 5.13 Å². The first-order valence-corrected chi connectivity index (χ1v) is 9.75. The Balaban J connectivity index is 1.35. The normalized spacial score (nSPS) is 14.9. The summed E-state index contributed by atoms with van der Waals surface area (Å²) in [5.41, 5.74) is 0.429. The molecule has 1 aliphatic heterocycles. The molecule has 25 heavy (non-hydrogen) atoms. The van der Waals surface area contributed by atoms with Gasteiger partial charge in [0.25, 0.3) is 0 Å². The van der Waals surface area contributed by atoms with E-state index < -0.39 is 0 Å². The van der Waals surface area contributed by atoms with E-state index in [0.29, 0.717) is 38.2 Å². The highest BCUT2D eigenvalue weighted by Crippen LogP contribution is 2.30. The van der Waals surface area contributed by atoms with Crippen molar-refractivity contribution in [1.82, 2.24) is 15.2 Å². The number of benzene rings is 1. The Bertz CT molecular complexity index is 872. The monoisotopic (exact) mass is 376 g/mol. The lowest BCUT2D eigenvalue weighted by molar-refractivity contribution is 0.194. The predicted octanol–water partition coefficient (Wildman–Crippen LogP) is 3.53. The van der Waals surface area contributed by atoms with Crippen LogP contribution in [0.5, 0.6) is 0 Å². The van der Waals surface area contributed by atoms with Crippen molar-refractivity contribution in [1.29, 1.82) is 0 Å². The van der Waals surface area contributed by atoms with Crippen LogP contribution >= 0.6 is 22.7 Å². The Morgan fingerprint density at radius 2 is 2.04 bits per heavy atom. The molecule has 0 bridgehead atoms. The van der Waals surface area contributed by atoms with Crippen molar-refractivity contribution < 1.29 is 9.18 Å². The zero-order valence-electron chi connectivity index (χ0n) is 13.4. The van der Waals surface area contributed by atoms with E-state index in [-0.39, 0.29) is 11.8 Å². The zero-order chi connectivity index (χ0) is 17.2. The van der Waals surface area contributed by atoms with Crippen LogP contribution in [0.2, 0.25) is 0 Å². The zero-order valence-corrected chi connectivity index (χ0v) is 15.1. The van der Waals surface area contributed by atoms with Crippen molar-refractivity contribution in [2.24, 2.45) is 0 Å². The third kappa shape index (κ3) is 3.45. The molecule has 0 spiro atoms. The summed E-state index contributed by atoms with van der Waals surface area (Å²) in [5.74, 6) is -0.286. The van der Waals surface area contributed by atoms with E-state index in [0.717, 1.165) is 14.7 Å². The molecule has 1 aromatic carbocycles. The number of thiazole rings is 1. The Hall–Kier alpha value is -2.19. The van der Waals surface area contributed by atoms with Gasteiger partial charge in [-0.05, 0) is 23.6 Å². The van der Waals surface area contributed by atoms with Crippen molar-refractivity contribution >= 4 is 44.1 Å². The van der Waals surface area contributed by atoms with Crippen molar-refractivity contribution in [3.63, 3.8) is 0 Å². The maximum absolute atomic E-state index is 13.8. The fourth-order valence-electron chi connectivity index (χ4n) is 2.83. The quantitative estimate of drug-likeness (QED) is 0.761. The summed E-state index contributed by atoms with van der Waals surface area (Å²) in [4.78, 5) is 21.8. The molecule has 0 atom stereocenters. The fraction of sp³-hybridized carbons (Fsp3) is 0.294. The Morgan fingerprint density at radius 1 is 1.20 bits per heavy atom. The van der Waals surface area contributed by atoms with Gasteiger partial charge in [-0.15, -0.1) is 11.3 Å². The van der Waals surface area contributed by atoms with Gasteiger partial charge < -0.3 is 15.1 Å². The summed E-state index contributed by atoms with van der Waals surface area (Å²) in [5, 5.41) is 5.77. The third-order valence-corrected chi connectivity index (χ3v) is 6.15. The van der Waals surface area contributed by atoms with Gasteiger partial charge in [0.05, 0.1) is 11.2 Å². The summed E-state index contributed by atoms with van der Waals surface area (Å²) in [6.45, 7) is 3.24. The van der Waals surface area contributed by atoms with Gasteiger partial charge in [-0.1, -0.05) is 23.5 Å². The molecule has 8 heteroatoms. The minimum Gasteiger partial charge on any atom is -0.345 e. The van der Waals surface area contributed by atoms with Crippen molar-refractivity contribution in [3.05, 3.63) is 46.4 Å². The lowest BCUT2D eigenvalue weighted by Gasteiger charge is -2.34. The van der Waals surface area contributed by atoms with Gasteiger partial charge in [0.2, 0.25) is 0 Å². The molecule has 2 aromatic heterocycles. The van der Waals surface area contributed by atoms with Crippen LogP contribution in [-0.2, 0) is 6.54 Å². The SMILES string of the molecule is O=C(NCc1cccs1)N1CCN(c2nc3c(F)cccc3s2)CC1. The smallest absolute Gasteiger partial charge is 0.317 e. The number of hydrogen-bond acceptors (Lipinski definition) is 5. The number of nitrogens with zero attached hydrogens (tertiary/aromatic N) is 3. The third-order valence-electron chi connectivity index (χ3n) is 4.19. The average Bonchev–Trinajstić information content (AvgIpc) is 3.30. The predicted molar refractivity (Wildman–Crippen MR) is 99.9 cm³/mol. The molecule has 2 amide bonds. The minimum absolute atomic E-state index is 0.0385. The molecule has 3 heterocycles. The second-order valence-electron chi connectivity index (χ2n) is 5.80. The lowest BCUT2D eigenvalue weighted by atomic mass is 10.3. The van der Waals surface area contributed by atoms with Gasteiger partial charge in [-0.2, -0.15) is 0 Å². The van der Waals surface area contributed by atoms with E-state index in [1.807, 2.05) is 28.5 Å². The molecule has 0 aliphatic carbocycles. The van der Waals surface area contributed by atoms with Crippen LogP contribution < -0.4 is 10.2 Å². The van der Waals surface area contributed by atoms with E-state index in [9.17, 15) is 9.18 Å². The molecular weight excluding hydrogens is 359 g/mol. The average molecular weight is 376 g/mol. The van der Waals surface area contributed by atoms with Crippen LogP contribution in [0.15, 0.2) is 35.7 Å². The number of fused-ring (bicyclic) bond motifs is 1. The van der Waals surface area contributed by atoms with E-state index in [2.05, 4.69) is 15.2 Å². The minimum atomic E-state index is -0.286. The number of anilines is 1. The van der Waals surface area contributed by atoms with Gasteiger partial charge in [-0.25, -0.2) is 14.2 Å². The van der Waals surface area contributed by atoms with Crippen LogP contribution in [0.4, 0.5) is 14.3 Å². The highest BCUT2D eigenvalue weighted by atomic mass is 32.1. The molecule has 130 valence electrons. The topological polar surface area (TPSA) is 48.5 Å². The van der Waals surface area contributed by atoms with Gasteiger partial charge in [0.1, 0.15) is 11.3 Å². The van der Waals surface area contributed by atoms with Crippen molar-refractivity contribution in [2.75, 3.05) is 31.1 Å². The number of carbonyl (C=O) groups is 1. The molecule has 1 saturated heterocycles. The standard InChI is InChI=1S/C17H17FN4OS2/c18-13-4-1-5-14-15(13)20-17(25-14)22-8-6-21(7-9-22)16(23)19-11-12-3-2-10-24-12/h1-5,10H,6-9,11H2,(H,19,23). The summed E-state index contributed by atoms with van der Waals surface area (Å²) in [6, 6.07) is 8.97. The van der Waals surface area contributed by atoms with Crippen LogP contribution in [0.3, 0.4) is 0 Å². The van der Waals surface area contributed by atoms with Crippen LogP contribution in [0, 0.1) is 5.82 Å². The second kappa shape index (κ2) is 6.97. The molecular formula is C17H17FN4OS2. The van der Waals surface area contributed by atoms with E-state index in [1.165, 1.54) is 17.4 Å². The fourth-order valence-corrected chi connectivity index (χ4v) is 4.50. The van der Waals surface area contributed by atoms with Gasteiger partial charge >= 0.3 is 6.03 Å². The summed E-state index contributed by atoms with van der Waals surface area (Å²) >= 11 is 3.13. The Kier molecular flexibility index (Phi) is 4.54. The number of rotatable bonds is 3. The van der Waals surface area contributed by atoms with Crippen molar-refractivity contribution in [2.45, 2.75) is 6.54 Å². The summed E-state index contributed by atoms with van der Waals surface area (Å²) in [6.07, 6.45) is 0. The number of aromatic nitrogens is 1. The number of urea groups is 1. The number of halogens is 1. The number of para-hydroxylation sites is 1. The van der Waals surface area contributed by atoms with Crippen LogP contribution in [-0.4, -0.2) is 42.1 Å². The summed E-state index contributed by atoms with van der Waals surface area (Å²) < 4.78 is 14.7. The van der Waals surface area contributed by atoms with Crippen LogP contribution in [0.1, 0.15) is 4.88 Å². The molecule has 4 rings (SSSR count). The maximum atomic E-state index is 13.8. The maximum Gasteiger partial charge on any atom is 0.317 e. The van der Waals surface area contributed by atoms with Crippen LogP contribution in [0.25, 0.3) is 10.2 Å². The Morgan fingerprint density at radius 3 is 2.76 bits per heavy atom. The lowest BCUT2D eigenvalue weighted by Crippen LogP contribution is -2.51. The molecule has 1 N–H and O–H groups in total. The molecule has 5 nitrogen and oxygen atoms in total. The first kappa shape index (κ1) is 16.3. The number of nitrogens with one attached hydrogen (secondary N) is 1. The molecule has 1 fully saturated rings. The number of amides is 2.